The van der Waals surface area contributed by atoms with E-state index in [1.807, 2.05) is 35.2 Å². The second-order valence-electron chi connectivity index (χ2n) is 7.89. The molecular formula is C24H19N9O. The predicted molar refractivity (Wildman–Crippen MR) is 127 cm³/mol. The molecule has 3 heterocycles. The second-order valence-corrected chi connectivity index (χ2v) is 7.89. The summed E-state index contributed by atoms with van der Waals surface area (Å²) in [5.41, 5.74) is 12.9. The molecule has 2 aromatic carbocycles. The third-order valence-electron chi connectivity index (χ3n) is 5.93. The lowest BCUT2D eigenvalue weighted by atomic mass is 10.1. The van der Waals surface area contributed by atoms with Crippen molar-refractivity contribution in [3.63, 3.8) is 0 Å². The number of nitrogens with zero attached hydrogens (tertiary/aromatic N) is 7. The first-order valence-electron chi connectivity index (χ1n) is 10.6. The maximum absolute atomic E-state index is 13.7. The monoisotopic (exact) mass is 449 g/mol. The van der Waals surface area contributed by atoms with E-state index in [-0.39, 0.29) is 22.9 Å². The standard InChI is InChI=1S/C24H19N9O/c25-12-14-6-4-9-16-19(14)29-22(33(23(16)34)15-7-2-1-3-8-15)18-10-5-11-32(18)21-17(13-26)20(27)30-24(28)31-21/h1-4,6-9,18H,5,10-11H2,(H4,27,28,30,31). The van der Waals surface area contributed by atoms with Crippen molar-refractivity contribution in [3.8, 4) is 17.8 Å². The van der Waals surface area contributed by atoms with Gasteiger partial charge in [0.05, 0.1) is 28.2 Å². The van der Waals surface area contributed by atoms with Crippen LogP contribution in [0.5, 0.6) is 0 Å². The van der Waals surface area contributed by atoms with E-state index in [1.54, 1.807) is 22.8 Å². The van der Waals surface area contributed by atoms with Crippen molar-refractivity contribution in [1.29, 1.82) is 10.5 Å². The zero-order valence-corrected chi connectivity index (χ0v) is 18.0. The molecule has 1 aliphatic rings. The van der Waals surface area contributed by atoms with Crippen molar-refractivity contribution in [2.45, 2.75) is 18.9 Å². The molecule has 0 amide bonds. The quantitative estimate of drug-likeness (QED) is 0.478. The summed E-state index contributed by atoms with van der Waals surface area (Å²) in [6.45, 7) is 0.553. The molecule has 4 aromatic rings. The molecule has 10 nitrogen and oxygen atoms in total. The number of aromatic nitrogens is 4. The lowest BCUT2D eigenvalue weighted by Gasteiger charge is -2.28. The zero-order chi connectivity index (χ0) is 23.8. The van der Waals surface area contributed by atoms with Crippen LogP contribution in [0.15, 0.2) is 53.3 Å². The zero-order valence-electron chi connectivity index (χ0n) is 18.0. The fourth-order valence-corrected chi connectivity index (χ4v) is 4.45. The number of anilines is 3. The Morgan fingerprint density at radius 1 is 0.971 bits per heavy atom. The minimum Gasteiger partial charge on any atom is -0.382 e. The predicted octanol–water partition coefficient (Wildman–Crippen LogP) is 2.42. The lowest BCUT2D eigenvalue weighted by molar-refractivity contribution is 0.633. The van der Waals surface area contributed by atoms with Crippen LogP contribution < -0.4 is 21.9 Å². The highest BCUT2D eigenvalue weighted by atomic mass is 16.1. The van der Waals surface area contributed by atoms with Gasteiger partial charge in [-0.1, -0.05) is 24.3 Å². The molecule has 1 saturated heterocycles. The number of para-hydroxylation sites is 2. The molecule has 34 heavy (non-hydrogen) atoms. The Balaban J connectivity index is 1.81. The van der Waals surface area contributed by atoms with Gasteiger partial charge in [-0.3, -0.25) is 9.36 Å². The van der Waals surface area contributed by atoms with Crippen LogP contribution in [0.2, 0.25) is 0 Å². The Morgan fingerprint density at radius 2 is 1.76 bits per heavy atom. The van der Waals surface area contributed by atoms with Gasteiger partial charge in [-0.2, -0.15) is 20.5 Å². The SMILES string of the molecule is N#Cc1c(N)nc(N)nc1N1CCCC1c1nc2c(C#N)cccc2c(=O)n1-c1ccccc1. The Bertz CT molecular complexity index is 1560. The van der Waals surface area contributed by atoms with E-state index in [4.69, 9.17) is 16.5 Å². The first-order valence-corrected chi connectivity index (χ1v) is 10.6. The first kappa shape index (κ1) is 20.9. The molecule has 5 rings (SSSR count). The van der Waals surface area contributed by atoms with E-state index in [9.17, 15) is 15.3 Å². The fraction of sp³-hybridized carbons (Fsp3) is 0.167. The van der Waals surface area contributed by atoms with Crippen molar-refractivity contribution in [2.75, 3.05) is 22.9 Å². The summed E-state index contributed by atoms with van der Waals surface area (Å²) in [5, 5.41) is 19.7. The Morgan fingerprint density at radius 3 is 2.50 bits per heavy atom. The highest BCUT2D eigenvalue weighted by Crippen LogP contribution is 2.38. The topological polar surface area (TPSA) is 164 Å². The average Bonchev–Trinajstić information content (AvgIpc) is 3.33. The molecule has 1 aliphatic heterocycles. The number of fused-ring (bicyclic) bond motifs is 1. The molecule has 0 radical (unpaired) electrons. The summed E-state index contributed by atoms with van der Waals surface area (Å²) in [6.07, 6.45) is 1.41. The lowest BCUT2D eigenvalue weighted by Crippen LogP contribution is -2.32. The molecule has 0 aliphatic carbocycles. The van der Waals surface area contributed by atoms with Crippen molar-refractivity contribution >= 4 is 28.5 Å². The Kier molecular flexibility index (Phi) is 5.04. The van der Waals surface area contributed by atoms with E-state index in [0.29, 0.717) is 46.8 Å². The summed E-state index contributed by atoms with van der Waals surface area (Å²) >= 11 is 0. The fourth-order valence-electron chi connectivity index (χ4n) is 4.45. The van der Waals surface area contributed by atoms with Gasteiger partial charge in [0.15, 0.2) is 5.82 Å². The number of hydrogen-bond acceptors (Lipinski definition) is 9. The van der Waals surface area contributed by atoms with Gasteiger partial charge in [-0.05, 0) is 37.1 Å². The van der Waals surface area contributed by atoms with E-state index in [1.165, 1.54) is 0 Å². The van der Waals surface area contributed by atoms with Gasteiger partial charge in [0.25, 0.3) is 5.56 Å². The van der Waals surface area contributed by atoms with Gasteiger partial charge in [0.1, 0.15) is 29.3 Å². The molecule has 1 fully saturated rings. The molecule has 2 aromatic heterocycles. The minimum atomic E-state index is -0.412. The van der Waals surface area contributed by atoms with Crippen LogP contribution in [-0.2, 0) is 0 Å². The van der Waals surface area contributed by atoms with Crippen LogP contribution in [0, 0.1) is 22.7 Å². The maximum atomic E-state index is 13.7. The van der Waals surface area contributed by atoms with Crippen molar-refractivity contribution in [2.24, 2.45) is 0 Å². The largest absolute Gasteiger partial charge is 0.382 e. The van der Waals surface area contributed by atoms with Crippen LogP contribution in [0.1, 0.15) is 35.8 Å². The van der Waals surface area contributed by atoms with Crippen LogP contribution >= 0.6 is 0 Å². The molecule has 4 N–H and O–H groups in total. The summed E-state index contributed by atoms with van der Waals surface area (Å²) in [5.74, 6) is 0.700. The number of nitrogen functional groups attached to an aromatic ring is 2. The maximum Gasteiger partial charge on any atom is 0.266 e. The molecule has 10 heteroatoms. The number of nitriles is 2. The molecule has 1 unspecified atom stereocenters. The normalized spacial score (nSPS) is 15.2. The van der Waals surface area contributed by atoms with Crippen LogP contribution in [0.4, 0.5) is 17.6 Å². The molecule has 0 saturated carbocycles. The minimum absolute atomic E-state index is 0.00524. The van der Waals surface area contributed by atoms with E-state index >= 15 is 0 Å². The van der Waals surface area contributed by atoms with Crippen LogP contribution in [0.3, 0.4) is 0 Å². The average molecular weight is 449 g/mol. The number of benzene rings is 2. The number of nitrogens with two attached hydrogens (primary N) is 2. The van der Waals surface area contributed by atoms with Gasteiger partial charge >= 0.3 is 0 Å². The van der Waals surface area contributed by atoms with Crippen molar-refractivity contribution < 1.29 is 0 Å². The molecule has 0 spiro atoms. The first-order chi connectivity index (χ1) is 16.5. The van der Waals surface area contributed by atoms with Gasteiger partial charge < -0.3 is 16.4 Å². The molecule has 0 bridgehead atoms. The van der Waals surface area contributed by atoms with Gasteiger partial charge in [-0.25, -0.2) is 4.98 Å². The van der Waals surface area contributed by atoms with Crippen LogP contribution in [0.25, 0.3) is 16.6 Å². The summed E-state index contributed by atoms with van der Waals surface area (Å²) < 4.78 is 1.56. The van der Waals surface area contributed by atoms with Crippen molar-refractivity contribution in [1.82, 2.24) is 19.5 Å². The molecular weight excluding hydrogens is 430 g/mol. The molecule has 166 valence electrons. The third kappa shape index (κ3) is 3.26. The van der Waals surface area contributed by atoms with Crippen molar-refractivity contribution in [3.05, 3.63) is 75.8 Å². The van der Waals surface area contributed by atoms with Gasteiger partial charge in [-0.15, -0.1) is 0 Å². The number of rotatable bonds is 3. The summed E-state index contributed by atoms with van der Waals surface area (Å²) in [7, 11) is 0. The van der Waals surface area contributed by atoms with E-state index < -0.39 is 6.04 Å². The van der Waals surface area contributed by atoms with E-state index in [0.717, 1.165) is 6.42 Å². The summed E-state index contributed by atoms with van der Waals surface area (Å²) in [4.78, 5) is 28.7. The van der Waals surface area contributed by atoms with Crippen LogP contribution in [-0.4, -0.2) is 26.1 Å². The smallest absolute Gasteiger partial charge is 0.266 e. The van der Waals surface area contributed by atoms with E-state index in [2.05, 4.69) is 22.1 Å². The van der Waals surface area contributed by atoms with Gasteiger partial charge in [0, 0.05) is 6.54 Å². The molecule has 1 atom stereocenters. The third-order valence-corrected chi connectivity index (χ3v) is 5.93. The Labute approximate surface area is 194 Å². The number of hydrogen-bond donors (Lipinski definition) is 2. The summed E-state index contributed by atoms with van der Waals surface area (Å²) in [6, 6.07) is 18.0. The second kappa shape index (κ2) is 8.19. The Hall–Kier alpha value is -4.96. The highest BCUT2D eigenvalue weighted by Gasteiger charge is 2.34. The van der Waals surface area contributed by atoms with Gasteiger partial charge in [0.2, 0.25) is 5.95 Å². The highest BCUT2D eigenvalue weighted by molar-refractivity contribution is 5.83.